The van der Waals surface area contributed by atoms with Crippen LogP contribution >= 0.6 is 0 Å². The van der Waals surface area contributed by atoms with Crippen molar-refractivity contribution in [2.75, 3.05) is 0 Å². The Balaban J connectivity index is 2.50. The maximum atomic E-state index is 10.4. The van der Waals surface area contributed by atoms with E-state index in [1.807, 2.05) is 6.92 Å². The topological polar surface area (TPSA) is 67.9 Å². The van der Waals surface area contributed by atoms with Gasteiger partial charge in [0.25, 0.3) is 5.69 Å². The highest BCUT2D eigenvalue weighted by molar-refractivity contribution is 5.55. The van der Waals surface area contributed by atoms with Gasteiger partial charge in [-0.3, -0.25) is 10.1 Å². The molecule has 66 valence electrons. The maximum Gasteiger partial charge on any atom is 0.271 e. The van der Waals surface area contributed by atoms with Crippen LogP contribution in [0.1, 0.15) is 18.5 Å². The summed E-state index contributed by atoms with van der Waals surface area (Å²) in [4.78, 5) is 9.98. The van der Waals surface area contributed by atoms with Gasteiger partial charge in [0.05, 0.1) is 16.7 Å². The van der Waals surface area contributed by atoms with Crippen LogP contribution in [0.3, 0.4) is 0 Å². The van der Waals surface area contributed by atoms with Gasteiger partial charge in [-0.15, -0.1) is 0 Å². The normalized spacial score (nSPS) is 18.7. The predicted molar refractivity (Wildman–Crippen MR) is 46.0 cm³/mol. The summed E-state index contributed by atoms with van der Waals surface area (Å²) in [6.45, 7) is 1.90. The van der Waals surface area contributed by atoms with Crippen molar-refractivity contribution in [1.29, 1.82) is 0 Å². The number of fused-ring (bicyclic) bond motifs is 1. The van der Waals surface area contributed by atoms with E-state index in [1.54, 1.807) is 6.07 Å². The molecule has 1 aromatic carbocycles. The average molecular weight is 177 g/mol. The molecule has 1 atom stereocenters. The maximum absolute atomic E-state index is 10.4. The minimum Gasteiger partial charge on any atom is -0.258 e. The molecule has 1 aliphatic rings. The van der Waals surface area contributed by atoms with Gasteiger partial charge in [-0.2, -0.15) is 10.2 Å². The monoisotopic (exact) mass is 177 g/mol. The van der Waals surface area contributed by atoms with Crippen LogP contribution in [-0.2, 0) is 0 Å². The molecule has 0 spiro atoms. The van der Waals surface area contributed by atoms with Crippen LogP contribution in [0.5, 0.6) is 0 Å². The van der Waals surface area contributed by atoms with Gasteiger partial charge in [0.2, 0.25) is 0 Å². The Morgan fingerprint density at radius 3 is 3.00 bits per heavy atom. The first-order valence-electron chi connectivity index (χ1n) is 3.87. The van der Waals surface area contributed by atoms with E-state index in [2.05, 4.69) is 10.2 Å². The van der Waals surface area contributed by atoms with Gasteiger partial charge in [-0.1, -0.05) is 0 Å². The molecule has 0 saturated heterocycles. The molecular formula is C8H7N3O2. The summed E-state index contributed by atoms with van der Waals surface area (Å²) in [6, 6.07) is 4.66. The van der Waals surface area contributed by atoms with Gasteiger partial charge in [0.15, 0.2) is 0 Å². The second kappa shape index (κ2) is 2.62. The van der Waals surface area contributed by atoms with Crippen molar-refractivity contribution in [2.45, 2.75) is 13.0 Å². The molecule has 1 aromatic rings. The smallest absolute Gasteiger partial charge is 0.258 e. The summed E-state index contributed by atoms with van der Waals surface area (Å²) < 4.78 is 0. The van der Waals surface area contributed by atoms with E-state index in [9.17, 15) is 10.1 Å². The van der Waals surface area contributed by atoms with Crippen molar-refractivity contribution in [1.82, 2.24) is 0 Å². The molecule has 0 amide bonds. The zero-order valence-corrected chi connectivity index (χ0v) is 6.97. The molecule has 0 aliphatic carbocycles. The zero-order chi connectivity index (χ0) is 9.42. The number of rotatable bonds is 1. The van der Waals surface area contributed by atoms with Gasteiger partial charge in [-0.05, 0) is 13.0 Å². The molecule has 1 aliphatic heterocycles. The quantitative estimate of drug-likeness (QED) is 0.488. The van der Waals surface area contributed by atoms with E-state index in [-0.39, 0.29) is 11.7 Å². The molecule has 0 unspecified atom stereocenters. The van der Waals surface area contributed by atoms with Crippen molar-refractivity contribution < 1.29 is 4.92 Å². The highest BCUT2D eigenvalue weighted by atomic mass is 16.6. The summed E-state index contributed by atoms with van der Waals surface area (Å²) in [5.74, 6) is 0. The molecule has 2 rings (SSSR count). The lowest BCUT2D eigenvalue weighted by Crippen LogP contribution is -1.89. The van der Waals surface area contributed by atoms with Gasteiger partial charge in [0, 0.05) is 17.7 Å². The summed E-state index contributed by atoms with van der Waals surface area (Å²) in [5, 5.41) is 18.2. The Hall–Kier alpha value is -1.78. The molecule has 0 fully saturated rings. The molecule has 5 nitrogen and oxygen atoms in total. The SMILES string of the molecule is C[C@@H]1N=Nc2cc([N+](=O)[O-])ccc21. The van der Waals surface area contributed by atoms with Crippen molar-refractivity contribution in [2.24, 2.45) is 10.2 Å². The van der Waals surface area contributed by atoms with E-state index in [4.69, 9.17) is 0 Å². The molecule has 1 heterocycles. The van der Waals surface area contributed by atoms with Crippen molar-refractivity contribution in [3.63, 3.8) is 0 Å². The summed E-state index contributed by atoms with van der Waals surface area (Å²) in [7, 11) is 0. The fourth-order valence-corrected chi connectivity index (χ4v) is 1.30. The Morgan fingerprint density at radius 1 is 1.54 bits per heavy atom. The molecule has 5 heteroatoms. The minimum absolute atomic E-state index is 0.0239. The van der Waals surface area contributed by atoms with Crippen LogP contribution in [0.15, 0.2) is 28.4 Å². The van der Waals surface area contributed by atoms with E-state index >= 15 is 0 Å². The average Bonchev–Trinajstić information content (AvgIpc) is 2.47. The Morgan fingerprint density at radius 2 is 2.31 bits per heavy atom. The highest BCUT2D eigenvalue weighted by Gasteiger charge is 2.18. The Labute approximate surface area is 74.3 Å². The molecule has 0 saturated carbocycles. The Bertz CT molecular complexity index is 400. The number of hydrogen-bond donors (Lipinski definition) is 0. The fraction of sp³-hybridized carbons (Fsp3) is 0.250. The highest BCUT2D eigenvalue weighted by Crippen LogP contribution is 2.37. The van der Waals surface area contributed by atoms with E-state index in [0.29, 0.717) is 5.69 Å². The van der Waals surface area contributed by atoms with Crippen LogP contribution in [0.2, 0.25) is 0 Å². The van der Waals surface area contributed by atoms with E-state index in [0.717, 1.165) is 5.56 Å². The molecule has 0 N–H and O–H groups in total. The first-order chi connectivity index (χ1) is 6.18. The lowest BCUT2D eigenvalue weighted by atomic mass is 10.1. The minimum atomic E-state index is -0.432. The molecular weight excluding hydrogens is 170 g/mol. The predicted octanol–water partition coefficient (Wildman–Crippen LogP) is 2.75. The second-order valence-corrected chi connectivity index (χ2v) is 2.89. The largest absolute Gasteiger partial charge is 0.271 e. The third kappa shape index (κ3) is 1.18. The third-order valence-electron chi connectivity index (χ3n) is 2.01. The summed E-state index contributed by atoms with van der Waals surface area (Å²) in [5.41, 5.74) is 1.62. The first-order valence-corrected chi connectivity index (χ1v) is 3.87. The van der Waals surface area contributed by atoms with Crippen LogP contribution in [0.25, 0.3) is 0 Å². The number of hydrogen-bond acceptors (Lipinski definition) is 4. The number of azo groups is 1. The van der Waals surface area contributed by atoms with Gasteiger partial charge in [0.1, 0.15) is 0 Å². The first kappa shape index (κ1) is 7.85. The van der Waals surface area contributed by atoms with Crippen molar-refractivity contribution >= 4 is 11.4 Å². The van der Waals surface area contributed by atoms with Gasteiger partial charge >= 0.3 is 0 Å². The molecule has 0 radical (unpaired) electrons. The Kier molecular flexibility index (Phi) is 1.58. The zero-order valence-electron chi connectivity index (χ0n) is 6.97. The standard InChI is InChI=1S/C8H7N3O2/c1-5-7-3-2-6(11(12)13)4-8(7)10-9-5/h2-5H,1H3/t5-/m0/s1. The van der Waals surface area contributed by atoms with Crippen molar-refractivity contribution in [3.05, 3.63) is 33.9 Å². The fourth-order valence-electron chi connectivity index (χ4n) is 1.30. The number of benzene rings is 1. The lowest BCUT2D eigenvalue weighted by molar-refractivity contribution is -0.384. The van der Waals surface area contributed by atoms with Crippen LogP contribution < -0.4 is 0 Å². The van der Waals surface area contributed by atoms with Crippen LogP contribution in [0.4, 0.5) is 11.4 Å². The van der Waals surface area contributed by atoms with Crippen molar-refractivity contribution in [3.8, 4) is 0 Å². The van der Waals surface area contributed by atoms with Crippen LogP contribution in [0, 0.1) is 10.1 Å². The van der Waals surface area contributed by atoms with Crippen LogP contribution in [-0.4, -0.2) is 4.92 Å². The number of nitrogens with zero attached hydrogens (tertiary/aromatic N) is 3. The molecule has 0 aromatic heterocycles. The van der Waals surface area contributed by atoms with E-state index < -0.39 is 4.92 Å². The van der Waals surface area contributed by atoms with Gasteiger partial charge < -0.3 is 0 Å². The van der Waals surface area contributed by atoms with E-state index in [1.165, 1.54) is 12.1 Å². The molecule has 0 bridgehead atoms. The lowest BCUT2D eigenvalue weighted by Gasteiger charge is -1.98. The number of nitro groups is 1. The van der Waals surface area contributed by atoms with Gasteiger partial charge in [-0.25, -0.2) is 0 Å². The third-order valence-corrected chi connectivity index (χ3v) is 2.01. The summed E-state index contributed by atoms with van der Waals surface area (Å²) in [6.07, 6.45) is 0. The second-order valence-electron chi connectivity index (χ2n) is 2.89. The number of non-ortho nitro benzene ring substituents is 1. The number of nitro benzene ring substituents is 1. The summed E-state index contributed by atoms with van der Waals surface area (Å²) >= 11 is 0. The molecule has 13 heavy (non-hydrogen) atoms.